The van der Waals surface area contributed by atoms with Gasteiger partial charge in [-0.3, -0.25) is 9.89 Å². The van der Waals surface area contributed by atoms with Crippen LogP contribution in [0.3, 0.4) is 0 Å². The number of nitrogens with zero attached hydrogens (tertiary/aromatic N) is 3. The zero-order chi connectivity index (χ0) is 15.8. The van der Waals surface area contributed by atoms with Crippen molar-refractivity contribution >= 4 is 5.91 Å². The van der Waals surface area contributed by atoms with Crippen molar-refractivity contribution in [3.8, 4) is 5.75 Å². The van der Waals surface area contributed by atoms with Gasteiger partial charge in [0.1, 0.15) is 11.6 Å². The largest absolute Gasteiger partial charge is 0.493 e. The Morgan fingerprint density at radius 2 is 2.30 bits per heavy atom. The number of aryl methyl sites for hydroxylation is 2. The predicted octanol–water partition coefficient (Wildman–Crippen LogP) is 1.61. The number of fused-ring (bicyclic) bond motifs is 1. The molecule has 0 bridgehead atoms. The van der Waals surface area contributed by atoms with Gasteiger partial charge in [-0.1, -0.05) is 12.1 Å². The van der Waals surface area contributed by atoms with Crippen molar-refractivity contribution in [2.75, 3.05) is 19.7 Å². The molecule has 1 N–H and O–H groups in total. The van der Waals surface area contributed by atoms with Crippen LogP contribution in [0.25, 0.3) is 0 Å². The summed E-state index contributed by atoms with van der Waals surface area (Å²) in [7, 11) is 0. The van der Waals surface area contributed by atoms with Crippen LogP contribution in [-0.2, 0) is 17.6 Å². The summed E-state index contributed by atoms with van der Waals surface area (Å²) in [5, 5.41) is 7.03. The van der Waals surface area contributed by atoms with Gasteiger partial charge in [0.25, 0.3) is 0 Å². The van der Waals surface area contributed by atoms with E-state index in [0.29, 0.717) is 19.5 Å². The summed E-state index contributed by atoms with van der Waals surface area (Å²) in [5.74, 6) is 3.04. The van der Waals surface area contributed by atoms with Crippen molar-refractivity contribution in [1.82, 2.24) is 20.1 Å². The third-order valence-electron chi connectivity index (χ3n) is 4.54. The molecule has 120 valence electrons. The standard InChI is InChI=1S/C17H20N4O2/c1-11-18-17(20-19-11)14-9-21(10-14)16(22)8-12-4-5-15-13(7-12)3-2-6-23-15/h4-5,7,14H,2-3,6,8-10H2,1H3,(H,18,19,20). The number of likely N-dealkylation sites (tertiary alicyclic amines) is 1. The van der Waals surface area contributed by atoms with Gasteiger partial charge in [0.05, 0.1) is 18.9 Å². The number of nitrogens with one attached hydrogen (secondary N) is 1. The molecule has 1 fully saturated rings. The van der Waals surface area contributed by atoms with E-state index in [9.17, 15) is 4.79 Å². The topological polar surface area (TPSA) is 71.1 Å². The summed E-state index contributed by atoms with van der Waals surface area (Å²) >= 11 is 0. The molecule has 2 aliphatic rings. The quantitative estimate of drug-likeness (QED) is 0.934. The first-order chi connectivity index (χ1) is 11.2. The Morgan fingerprint density at radius 1 is 1.43 bits per heavy atom. The number of ether oxygens (including phenoxy) is 1. The second-order valence-corrected chi connectivity index (χ2v) is 6.35. The summed E-state index contributed by atoms with van der Waals surface area (Å²) in [6, 6.07) is 6.10. The van der Waals surface area contributed by atoms with Gasteiger partial charge in [0.15, 0.2) is 5.82 Å². The van der Waals surface area contributed by atoms with Crippen LogP contribution < -0.4 is 4.74 Å². The molecule has 0 atom stereocenters. The van der Waals surface area contributed by atoms with Gasteiger partial charge in [0.2, 0.25) is 5.91 Å². The lowest BCUT2D eigenvalue weighted by atomic mass is 9.97. The Hall–Kier alpha value is -2.37. The van der Waals surface area contributed by atoms with Crippen LogP contribution in [0.4, 0.5) is 0 Å². The number of H-pyrrole nitrogens is 1. The maximum atomic E-state index is 12.4. The van der Waals surface area contributed by atoms with Crippen molar-refractivity contribution in [3.05, 3.63) is 41.0 Å². The van der Waals surface area contributed by atoms with Crippen LogP contribution in [0, 0.1) is 6.92 Å². The fourth-order valence-corrected chi connectivity index (χ4v) is 3.20. The summed E-state index contributed by atoms with van der Waals surface area (Å²) in [5.41, 5.74) is 2.29. The lowest BCUT2D eigenvalue weighted by molar-refractivity contribution is -0.135. The van der Waals surface area contributed by atoms with Crippen LogP contribution >= 0.6 is 0 Å². The molecule has 6 heteroatoms. The van der Waals surface area contributed by atoms with Gasteiger partial charge in [-0.15, -0.1) is 0 Å². The third kappa shape index (κ3) is 2.81. The number of hydrogen-bond acceptors (Lipinski definition) is 4. The first-order valence-corrected chi connectivity index (χ1v) is 8.10. The fraction of sp³-hybridized carbons (Fsp3) is 0.471. The molecule has 4 rings (SSSR count). The van der Waals surface area contributed by atoms with E-state index in [1.54, 1.807) is 0 Å². The molecule has 23 heavy (non-hydrogen) atoms. The highest BCUT2D eigenvalue weighted by Crippen LogP contribution is 2.28. The molecule has 2 aromatic rings. The number of carbonyl (C=O) groups is 1. The Labute approximate surface area is 134 Å². The Morgan fingerprint density at radius 3 is 3.09 bits per heavy atom. The van der Waals surface area contributed by atoms with E-state index >= 15 is 0 Å². The van der Waals surface area contributed by atoms with Crippen molar-refractivity contribution < 1.29 is 9.53 Å². The number of hydrogen-bond donors (Lipinski definition) is 1. The molecule has 0 saturated carbocycles. The van der Waals surface area contributed by atoms with Crippen LogP contribution in [0.2, 0.25) is 0 Å². The monoisotopic (exact) mass is 312 g/mol. The number of aromatic amines is 1. The lowest BCUT2D eigenvalue weighted by Gasteiger charge is -2.37. The summed E-state index contributed by atoms with van der Waals surface area (Å²) in [4.78, 5) is 18.6. The third-order valence-corrected chi connectivity index (χ3v) is 4.54. The number of carbonyl (C=O) groups excluding carboxylic acids is 1. The number of rotatable bonds is 3. The highest BCUT2D eigenvalue weighted by atomic mass is 16.5. The van der Waals surface area contributed by atoms with Gasteiger partial charge >= 0.3 is 0 Å². The van der Waals surface area contributed by atoms with Crippen LogP contribution in [0.15, 0.2) is 18.2 Å². The maximum absolute atomic E-state index is 12.4. The summed E-state index contributed by atoms with van der Waals surface area (Å²) in [6.07, 6.45) is 2.54. The molecule has 1 aromatic carbocycles. The molecule has 2 aliphatic heterocycles. The molecule has 0 aliphatic carbocycles. The number of benzene rings is 1. The minimum atomic E-state index is 0.171. The highest BCUT2D eigenvalue weighted by molar-refractivity contribution is 5.80. The molecular weight excluding hydrogens is 292 g/mol. The number of amides is 1. The van der Waals surface area contributed by atoms with Crippen LogP contribution in [-0.4, -0.2) is 45.7 Å². The highest BCUT2D eigenvalue weighted by Gasteiger charge is 2.34. The van der Waals surface area contributed by atoms with E-state index in [4.69, 9.17) is 4.74 Å². The summed E-state index contributed by atoms with van der Waals surface area (Å²) < 4.78 is 5.62. The smallest absolute Gasteiger partial charge is 0.227 e. The van der Waals surface area contributed by atoms with Crippen LogP contribution in [0.1, 0.15) is 35.1 Å². The SMILES string of the molecule is Cc1nc(C2CN(C(=O)Cc3ccc4c(c3)CCCO4)C2)n[nH]1. The molecule has 0 unspecified atom stereocenters. The van der Waals surface area contributed by atoms with Crippen molar-refractivity contribution in [2.24, 2.45) is 0 Å². The Bertz CT molecular complexity index is 734. The van der Waals surface area contributed by atoms with E-state index in [1.807, 2.05) is 24.0 Å². The molecule has 0 radical (unpaired) electrons. The van der Waals surface area contributed by atoms with Crippen molar-refractivity contribution in [2.45, 2.75) is 32.1 Å². The van der Waals surface area contributed by atoms with Gasteiger partial charge in [-0.2, -0.15) is 5.10 Å². The molecule has 3 heterocycles. The van der Waals surface area contributed by atoms with E-state index in [-0.39, 0.29) is 11.8 Å². The maximum Gasteiger partial charge on any atom is 0.227 e. The van der Waals surface area contributed by atoms with Crippen LogP contribution in [0.5, 0.6) is 5.75 Å². The molecule has 1 aromatic heterocycles. The van der Waals surface area contributed by atoms with Gasteiger partial charge in [-0.25, -0.2) is 4.98 Å². The van der Waals surface area contributed by atoms with E-state index < -0.39 is 0 Å². The Kier molecular flexibility index (Phi) is 3.52. The molecule has 6 nitrogen and oxygen atoms in total. The zero-order valence-corrected chi connectivity index (χ0v) is 13.2. The summed E-state index contributed by atoms with van der Waals surface area (Å²) in [6.45, 7) is 4.10. The van der Waals surface area contributed by atoms with Gasteiger partial charge in [0, 0.05) is 13.1 Å². The normalized spacial score (nSPS) is 17.3. The van der Waals surface area contributed by atoms with E-state index in [0.717, 1.165) is 42.4 Å². The number of aromatic nitrogens is 3. The van der Waals surface area contributed by atoms with Gasteiger partial charge < -0.3 is 9.64 Å². The van der Waals surface area contributed by atoms with E-state index in [2.05, 4.69) is 21.2 Å². The minimum Gasteiger partial charge on any atom is -0.493 e. The second-order valence-electron chi connectivity index (χ2n) is 6.35. The van der Waals surface area contributed by atoms with Gasteiger partial charge in [-0.05, 0) is 37.0 Å². The minimum absolute atomic E-state index is 0.171. The van der Waals surface area contributed by atoms with Crippen molar-refractivity contribution in [3.63, 3.8) is 0 Å². The van der Waals surface area contributed by atoms with E-state index in [1.165, 1.54) is 5.56 Å². The molecular formula is C17H20N4O2. The average Bonchev–Trinajstić information content (AvgIpc) is 2.92. The Balaban J connectivity index is 1.36. The zero-order valence-electron chi connectivity index (χ0n) is 13.2. The molecule has 1 saturated heterocycles. The molecule has 1 amide bonds. The predicted molar refractivity (Wildman–Crippen MR) is 84.4 cm³/mol. The second kappa shape index (κ2) is 5.68. The molecule has 0 spiro atoms. The lowest BCUT2D eigenvalue weighted by Crippen LogP contribution is -2.49. The van der Waals surface area contributed by atoms with Crippen molar-refractivity contribution in [1.29, 1.82) is 0 Å². The fourth-order valence-electron chi connectivity index (χ4n) is 3.20. The first kappa shape index (κ1) is 14.2. The average molecular weight is 312 g/mol. The first-order valence-electron chi connectivity index (χ1n) is 8.10.